The van der Waals surface area contributed by atoms with E-state index in [1.54, 1.807) is 13.0 Å². The van der Waals surface area contributed by atoms with Crippen molar-refractivity contribution in [2.24, 2.45) is 0 Å². The molecule has 1 aliphatic rings. The first-order chi connectivity index (χ1) is 9.60. The summed E-state index contributed by atoms with van der Waals surface area (Å²) >= 11 is 0. The molecule has 0 aromatic heterocycles. The molecule has 1 saturated heterocycles. The molecule has 1 aromatic carbocycles. The van der Waals surface area contributed by atoms with Gasteiger partial charge in [-0.3, -0.25) is 0 Å². The van der Waals surface area contributed by atoms with Crippen LogP contribution in [0.5, 0.6) is 0 Å². The van der Waals surface area contributed by atoms with Crippen LogP contribution in [0.25, 0.3) is 0 Å². The fourth-order valence-electron chi connectivity index (χ4n) is 2.76. The smallest absolute Gasteiger partial charge is 0.126 e. The highest BCUT2D eigenvalue weighted by Crippen LogP contribution is 2.20. The molecule has 1 aliphatic heterocycles. The molecule has 0 bridgehead atoms. The highest BCUT2D eigenvalue weighted by molar-refractivity contribution is 5.25. The van der Waals surface area contributed by atoms with Crippen LogP contribution < -0.4 is 5.32 Å². The van der Waals surface area contributed by atoms with Gasteiger partial charge >= 0.3 is 0 Å². The van der Waals surface area contributed by atoms with Crippen LogP contribution in [0.4, 0.5) is 4.39 Å². The average Bonchev–Trinajstić information content (AvgIpc) is 2.45. The second-order valence-electron chi connectivity index (χ2n) is 5.71. The zero-order valence-electron chi connectivity index (χ0n) is 12.4. The molecule has 1 unspecified atom stereocenters. The summed E-state index contributed by atoms with van der Waals surface area (Å²) in [6, 6.07) is 5.65. The lowest BCUT2D eigenvalue weighted by Crippen LogP contribution is -2.37. The van der Waals surface area contributed by atoms with Crippen LogP contribution in [0.2, 0.25) is 0 Å². The summed E-state index contributed by atoms with van der Waals surface area (Å²) in [5.41, 5.74) is 1.70. The number of nitrogens with one attached hydrogen (secondary N) is 1. The van der Waals surface area contributed by atoms with Gasteiger partial charge in [-0.15, -0.1) is 0 Å². The normalized spacial score (nSPS) is 19.2. The van der Waals surface area contributed by atoms with Gasteiger partial charge in [0, 0.05) is 19.1 Å². The number of aryl methyl sites for hydroxylation is 1. The molecular formula is C16H25FN2O. The standard InChI is InChI=1S/C16H25FN2O/c1-12-3-4-13(11-15(12)17)16(18-2)7-10-19-8-5-14(20)6-9-19/h3-4,11,14,16,18,20H,5-10H2,1-2H3. The van der Waals surface area contributed by atoms with Crippen molar-refractivity contribution in [1.82, 2.24) is 10.2 Å². The minimum atomic E-state index is -0.135. The SMILES string of the molecule is CNC(CCN1CCC(O)CC1)c1ccc(C)c(F)c1. The first-order valence-corrected chi connectivity index (χ1v) is 7.44. The molecule has 2 rings (SSSR count). The van der Waals surface area contributed by atoms with Gasteiger partial charge in [-0.05, 0) is 57.0 Å². The molecule has 0 saturated carbocycles. The van der Waals surface area contributed by atoms with Gasteiger partial charge in [0.2, 0.25) is 0 Å². The number of aliphatic hydroxyl groups is 1. The Morgan fingerprint density at radius 1 is 1.40 bits per heavy atom. The van der Waals surface area contributed by atoms with E-state index in [-0.39, 0.29) is 18.0 Å². The third-order valence-electron chi connectivity index (χ3n) is 4.24. The summed E-state index contributed by atoms with van der Waals surface area (Å²) in [6.07, 6.45) is 2.56. The van der Waals surface area contributed by atoms with E-state index in [1.165, 1.54) is 0 Å². The van der Waals surface area contributed by atoms with Gasteiger partial charge < -0.3 is 15.3 Å². The number of halogens is 1. The predicted molar refractivity (Wildman–Crippen MR) is 79.2 cm³/mol. The molecule has 0 radical (unpaired) electrons. The molecule has 3 nitrogen and oxygen atoms in total. The molecule has 0 amide bonds. The van der Waals surface area contributed by atoms with Crippen molar-refractivity contribution in [1.29, 1.82) is 0 Å². The maximum atomic E-state index is 13.6. The van der Waals surface area contributed by atoms with Crippen molar-refractivity contribution >= 4 is 0 Å². The Morgan fingerprint density at radius 2 is 2.10 bits per heavy atom. The highest BCUT2D eigenvalue weighted by atomic mass is 19.1. The Hall–Kier alpha value is -0.970. The van der Waals surface area contributed by atoms with Gasteiger partial charge in [0.1, 0.15) is 5.82 Å². The van der Waals surface area contributed by atoms with Crippen LogP contribution >= 0.6 is 0 Å². The third kappa shape index (κ3) is 4.01. The third-order valence-corrected chi connectivity index (χ3v) is 4.24. The summed E-state index contributed by atoms with van der Waals surface area (Å²) in [5, 5.41) is 12.8. The molecule has 20 heavy (non-hydrogen) atoms. The minimum Gasteiger partial charge on any atom is -0.393 e. The van der Waals surface area contributed by atoms with Crippen molar-refractivity contribution in [2.45, 2.75) is 38.3 Å². The van der Waals surface area contributed by atoms with E-state index in [0.717, 1.165) is 44.5 Å². The van der Waals surface area contributed by atoms with E-state index in [0.29, 0.717) is 5.56 Å². The summed E-state index contributed by atoms with van der Waals surface area (Å²) in [6.45, 7) is 4.68. The Balaban J connectivity index is 1.90. The molecule has 0 spiro atoms. The fraction of sp³-hybridized carbons (Fsp3) is 0.625. The maximum Gasteiger partial charge on any atom is 0.126 e. The quantitative estimate of drug-likeness (QED) is 0.868. The Morgan fingerprint density at radius 3 is 2.70 bits per heavy atom. The van der Waals surface area contributed by atoms with Crippen molar-refractivity contribution in [3.8, 4) is 0 Å². The van der Waals surface area contributed by atoms with Crippen LogP contribution in [0, 0.1) is 12.7 Å². The number of hydrogen-bond acceptors (Lipinski definition) is 3. The number of hydrogen-bond donors (Lipinski definition) is 2. The van der Waals surface area contributed by atoms with Crippen molar-refractivity contribution in [2.75, 3.05) is 26.7 Å². The number of piperidine rings is 1. The second-order valence-corrected chi connectivity index (χ2v) is 5.71. The molecule has 1 heterocycles. The van der Waals surface area contributed by atoms with Crippen molar-refractivity contribution < 1.29 is 9.50 Å². The first kappa shape index (κ1) is 15.4. The Bertz CT molecular complexity index is 430. The van der Waals surface area contributed by atoms with Gasteiger partial charge in [-0.25, -0.2) is 4.39 Å². The van der Waals surface area contributed by atoms with Crippen molar-refractivity contribution in [3.63, 3.8) is 0 Å². The van der Waals surface area contributed by atoms with E-state index in [1.807, 2.05) is 19.2 Å². The highest BCUT2D eigenvalue weighted by Gasteiger charge is 2.18. The predicted octanol–water partition coefficient (Wildman–Crippen LogP) is 2.24. The zero-order chi connectivity index (χ0) is 14.5. The zero-order valence-corrected chi connectivity index (χ0v) is 12.4. The maximum absolute atomic E-state index is 13.6. The summed E-state index contributed by atoms with van der Waals surface area (Å²) in [5.74, 6) is -0.135. The van der Waals surface area contributed by atoms with E-state index in [9.17, 15) is 9.50 Å². The van der Waals surface area contributed by atoms with Gasteiger partial charge in [-0.2, -0.15) is 0 Å². The Labute approximate surface area is 120 Å². The van der Waals surface area contributed by atoms with Crippen LogP contribution in [-0.4, -0.2) is 42.8 Å². The van der Waals surface area contributed by atoms with Gasteiger partial charge in [0.25, 0.3) is 0 Å². The molecule has 1 aromatic rings. The van der Waals surface area contributed by atoms with Crippen molar-refractivity contribution in [3.05, 3.63) is 35.1 Å². The first-order valence-electron chi connectivity index (χ1n) is 7.44. The molecule has 1 atom stereocenters. The summed E-state index contributed by atoms with van der Waals surface area (Å²) in [4.78, 5) is 2.38. The minimum absolute atomic E-state index is 0.127. The molecule has 0 aliphatic carbocycles. The fourth-order valence-corrected chi connectivity index (χ4v) is 2.76. The van der Waals surface area contributed by atoms with E-state index < -0.39 is 0 Å². The molecule has 4 heteroatoms. The number of benzene rings is 1. The second kappa shape index (κ2) is 7.16. The summed E-state index contributed by atoms with van der Waals surface area (Å²) < 4.78 is 13.6. The number of nitrogens with zero attached hydrogens (tertiary/aromatic N) is 1. The van der Waals surface area contributed by atoms with Crippen LogP contribution in [0.3, 0.4) is 0 Å². The largest absolute Gasteiger partial charge is 0.393 e. The molecule has 1 fully saturated rings. The van der Waals surface area contributed by atoms with Crippen LogP contribution in [-0.2, 0) is 0 Å². The van der Waals surface area contributed by atoms with Gasteiger partial charge in [0.05, 0.1) is 6.10 Å². The Kier molecular flexibility index (Phi) is 5.52. The monoisotopic (exact) mass is 280 g/mol. The van der Waals surface area contributed by atoms with Crippen LogP contribution in [0.1, 0.15) is 36.4 Å². The van der Waals surface area contributed by atoms with E-state index >= 15 is 0 Å². The molecule has 112 valence electrons. The topological polar surface area (TPSA) is 35.5 Å². The summed E-state index contributed by atoms with van der Waals surface area (Å²) in [7, 11) is 1.92. The van der Waals surface area contributed by atoms with Gasteiger partial charge in [-0.1, -0.05) is 12.1 Å². The lowest BCUT2D eigenvalue weighted by atomic mass is 10.0. The number of aliphatic hydroxyl groups excluding tert-OH is 1. The lowest BCUT2D eigenvalue weighted by Gasteiger charge is -2.30. The van der Waals surface area contributed by atoms with Crippen LogP contribution in [0.15, 0.2) is 18.2 Å². The lowest BCUT2D eigenvalue weighted by molar-refractivity contribution is 0.0807. The average molecular weight is 280 g/mol. The number of rotatable bonds is 5. The van der Waals surface area contributed by atoms with E-state index in [2.05, 4.69) is 10.2 Å². The molecular weight excluding hydrogens is 255 g/mol. The van der Waals surface area contributed by atoms with Gasteiger partial charge in [0.15, 0.2) is 0 Å². The van der Waals surface area contributed by atoms with E-state index in [4.69, 9.17) is 0 Å². The number of likely N-dealkylation sites (tertiary alicyclic amines) is 1. The molecule has 2 N–H and O–H groups in total.